The molecule has 0 radical (unpaired) electrons. The summed E-state index contributed by atoms with van der Waals surface area (Å²) >= 11 is 0. The predicted molar refractivity (Wildman–Crippen MR) is 77.5 cm³/mol. The zero-order valence-corrected chi connectivity index (χ0v) is 12.6. The first kappa shape index (κ1) is 17.4. The summed E-state index contributed by atoms with van der Waals surface area (Å²) in [6, 6.07) is 0. The van der Waals surface area contributed by atoms with E-state index in [2.05, 4.69) is 10.5 Å². The molecule has 0 bridgehead atoms. The number of nitrogens with zero attached hydrogens (tertiary/aromatic N) is 1. The lowest BCUT2D eigenvalue weighted by atomic mass is 9.86. The van der Waals surface area contributed by atoms with Crippen LogP contribution in [0, 0.1) is 5.41 Å². The molecule has 0 aliphatic heterocycles. The molecular formula is C12H27N3O2S. The SMILES string of the molecule is CCS(=O)CCNCCCCC(C)(C)C(N)=NO. The lowest BCUT2D eigenvalue weighted by Crippen LogP contribution is -2.32. The van der Waals surface area contributed by atoms with Crippen molar-refractivity contribution in [3.63, 3.8) is 0 Å². The first-order valence-corrected chi connectivity index (χ1v) is 7.96. The standard InChI is InChI=1S/C12H27N3O2S/c1-4-18(17)10-9-14-8-6-5-7-12(2,3)11(13)15-16/h14,16H,4-10H2,1-3H3,(H2,13,15). The van der Waals surface area contributed by atoms with Crippen molar-refractivity contribution in [2.45, 2.75) is 40.0 Å². The molecule has 0 saturated carbocycles. The van der Waals surface area contributed by atoms with Gasteiger partial charge in [0.15, 0.2) is 0 Å². The van der Waals surface area contributed by atoms with E-state index >= 15 is 0 Å². The second kappa shape index (κ2) is 9.33. The van der Waals surface area contributed by atoms with Crippen molar-refractivity contribution in [1.29, 1.82) is 0 Å². The Morgan fingerprint density at radius 3 is 2.61 bits per heavy atom. The number of rotatable bonds is 10. The summed E-state index contributed by atoms with van der Waals surface area (Å²) in [5.41, 5.74) is 5.36. The van der Waals surface area contributed by atoms with E-state index in [1.54, 1.807) is 0 Å². The van der Waals surface area contributed by atoms with Crippen molar-refractivity contribution < 1.29 is 9.42 Å². The first-order valence-electron chi connectivity index (χ1n) is 6.47. The average Bonchev–Trinajstić information content (AvgIpc) is 2.35. The average molecular weight is 277 g/mol. The smallest absolute Gasteiger partial charge is 0.144 e. The number of amidine groups is 1. The minimum absolute atomic E-state index is 0.252. The molecule has 6 heteroatoms. The van der Waals surface area contributed by atoms with E-state index in [-0.39, 0.29) is 11.3 Å². The normalized spacial score (nSPS) is 14.7. The van der Waals surface area contributed by atoms with Crippen LogP contribution in [-0.4, -0.2) is 39.8 Å². The molecule has 1 atom stereocenters. The zero-order chi connectivity index (χ0) is 14.0. The Kier molecular flexibility index (Phi) is 9.01. The molecule has 0 aromatic carbocycles. The third-order valence-corrected chi connectivity index (χ3v) is 4.34. The first-order chi connectivity index (χ1) is 8.44. The van der Waals surface area contributed by atoms with Crippen LogP contribution in [0.4, 0.5) is 0 Å². The van der Waals surface area contributed by atoms with Crippen molar-refractivity contribution in [2.24, 2.45) is 16.3 Å². The van der Waals surface area contributed by atoms with Crippen molar-refractivity contribution >= 4 is 16.6 Å². The molecule has 4 N–H and O–H groups in total. The highest BCUT2D eigenvalue weighted by atomic mass is 32.2. The molecule has 5 nitrogen and oxygen atoms in total. The van der Waals surface area contributed by atoms with Crippen LogP contribution in [0.3, 0.4) is 0 Å². The molecule has 0 fully saturated rings. The fraction of sp³-hybridized carbons (Fsp3) is 0.917. The monoisotopic (exact) mass is 277 g/mol. The molecule has 0 amide bonds. The van der Waals surface area contributed by atoms with Crippen LogP contribution in [0.15, 0.2) is 5.16 Å². The van der Waals surface area contributed by atoms with E-state index in [4.69, 9.17) is 10.9 Å². The highest BCUT2D eigenvalue weighted by Crippen LogP contribution is 2.22. The molecule has 0 aromatic heterocycles. The van der Waals surface area contributed by atoms with Gasteiger partial charge in [-0.15, -0.1) is 0 Å². The summed E-state index contributed by atoms with van der Waals surface area (Å²) in [6.45, 7) is 7.61. The van der Waals surface area contributed by atoms with Gasteiger partial charge in [-0.05, 0) is 19.4 Å². The second-order valence-corrected chi connectivity index (χ2v) is 6.87. The van der Waals surface area contributed by atoms with E-state index in [1.165, 1.54) is 0 Å². The van der Waals surface area contributed by atoms with Gasteiger partial charge in [-0.3, -0.25) is 4.21 Å². The molecule has 0 aromatic rings. The van der Waals surface area contributed by atoms with Crippen LogP contribution in [0.5, 0.6) is 0 Å². The topological polar surface area (TPSA) is 87.7 Å². The Bertz CT molecular complexity index is 280. The predicted octanol–water partition coefficient (Wildman–Crippen LogP) is 1.29. The lowest BCUT2D eigenvalue weighted by Gasteiger charge is -2.22. The fourth-order valence-electron chi connectivity index (χ4n) is 1.54. The van der Waals surface area contributed by atoms with E-state index in [9.17, 15) is 4.21 Å². The Balaban J connectivity index is 3.54. The van der Waals surface area contributed by atoms with Crippen LogP contribution in [0.25, 0.3) is 0 Å². The quantitative estimate of drug-likeness (QED) is 0.185. The third kappa shape index (κ3) is 7.66. The van der Waals surface area contributed by atoms with Gasteiger partial charge in [-0.2, -0.15) is 0 Å². The summed E-state index contributed by atoms with van der Waals surface area (Å²) in [7, 11) is -0.678. The second-order valence-electron chi connectivity index (χ2n) is 5.01. The van der Waals surface area contributed by atoms with Gasteiger partial charge < -0.3 is 16.3 Å². The largest absolute Gasteiger partial charge is 0.409 e. The maximum absolute atomic E-state index is 11.2. The minimum Gasteiger partial charge on any atom is -0.409 e. The summed E-state index contributed by atoms with van der Waals surface area (Å²) in [6.07, 6.45) is 2.96. The Hall–Kier alpha value is -0.620. The molecule has 0 spiro atoms. The zero-order valence-electron chi connectivity index (χ0n) is 11.7. The number of hydrogen-bond acceptors (Lipinski definition) is 4. The molecule has 0 aliphatic rings. The van der Waals surface area contributed by atoms with Gasteiger partial charge in [0.25, 0.3) is 0 Å². The molecule has 1 unspecified atom stereocenters. The minimum atomic E-state index is -0.678. The molecule has 108 valence electrons. The molecule has 0 saturated heterocycles. The van der Waals surface area contributed by atoms with Crippen LogP contribution < -0.4 is 11.1 Å². The van der Waals surface area contributed by atoms with Gasteiger partial charge >= 0.3 is 0 Å². The Morgan fingerprint density at radius 1 is 1.39 bits per heavy atom. The van der Waals surface area contributed by atoms with Gasteiger partial charge in [0.05, 0.1) is 0 Å². The third-order valence-electron chi connectivity index (χ3n) is 3.03. The maximum atomic E-state index is 11.2. The van der Waals surface area contributed by atoms with Crippen molar-refractivity contribution in [2.75, 3.05) is 24.6 Å². The number of unbranched alkanes of at least 4 members (excludes halogenated alkanes) is 1. The van der Waals surface area contributed by atoms with Crippen LogP contribution in [-0.2, 0) is 10.8 Å². The van der Waals surface area contributed by atoms with Crippen LogP contribution in [0.2, 0.25) is 0 Å². The van der Waals surface area contributed by atoms with E-state index in [1.807, 2.05) is 20.8 Å². The fourth-order valence-corrected chi connectivity index (χ4v) is 2.20. The summed E-state index contributed by atoms with van der Waals surface area (Å²) in [4.78, 5) is 0. The van der Waals surface area contributed by atoms with Crippen LogP contribution >= 0.6 is 0 Å². The number of nitrogens with one attached hydrogen (secondary N) is 1. The summed E-state index contributed by atoms with van der Waals surface area (Å²) < 4.78 is 11.2. The van der Waals surface area contributed by atoms with Gasteiger partial charge in [-0.1, -0.05) is 32.3 Å². The molecule has 0 rings (SSSR count). The number of nitrogens with two attached hydrogens (primary N) is 1. The van der Waals surface area contributed by atoms with Gasteiger partial charge in [-0.25, -0.2) is 0 Å². The summed E-state index contributed by atoms with van der Waals surface area (Å²) in [5, 5.41) is 15.0. The van der Waals surface area contributed by atoms with Gasteiger partial charge in [0.1, 0.15) is 5.84 Å². The van der Waals surface area contributed by atoms with E-state index in [0.717, 1.165) is 43.9 Å². The highest BCUT2D eigenvalue weighted by molar-refractivity contribution is 7.84. The number of oxime groups is 1. The highest BCUT2D eigenvalue weighted by Gasteiger charge is 2.22. The molecular weight excluding hydrogens is 250 g/mol. The Labute approximate surface area is 113 Å². The molecule has 18 heavy (non-hydrogen) atoms. The summed E-state index contributed by atoms with van der Waals surface area (Å²) in [5.74, 6) is 1.75. The molecule has 0 aliphatic carbocycles. The van der Waals surface area contributed by atoms with Crippen molar-refractivity contribution in [3.8, 4) is 0 Å². The number of hydrogen-bond donors (Lipinski definition) is 3. The van der Waals surface area contributed by atoms with E-state index < -0.39 is 10.8 Å². The van der Waals surface area contributed by atoms with Gasteiger partial charge in [0, 0.05) is 34.3 Å². The molecule has 0 heterocycles. The van der Waals surface area contributed by atoms with Crippen LogP contribution in [0.1, 0.15) is 40.0 Å². The maximum Gasteiger partial charge on any atom is 0.144 e. The van der Waals surface area contributed by atoms with E-state index in [0.29, 0.717) is 0 Å². The van der Waals surface area contributed by atoms with Crippen molar-refractivity contribution in [3.05, 3.63) is 0 Å². The Morgan fingerprint density at radius 2 is 2.06 bits per heavy atom. The van der Waals surface area contributed by atoms with Gasteiger partial charge in [0.2, 0.25) is 0 Å². The lowest BCUT2D eigenvalue weighted by molar-refractivity contribution is 0.304. The van der Waals surface area contributed by atoms with Crippen molar-refractivity contribution in [1.82, 2.24) is 5.32 Å².